The second-order valence-electron chi connectivity index (χ2n) is 40.6. The van der Waals surface area contributed by atoms with Crippen LogP contribution in [0.15, 0.2) is 268 Å². The van der Waals surface area contributed by atoms with Gasteiger partial charge in [-0.25, -0.2) is 19.6 Å². The van der Waals surface area contributed by atoms with E-state index in [0.717, 1.165) is 33.4 Å². The molecule has 0 aliphatic heterocycles. The van der Waals surface area contributed by atoms with E-state index in [2.05, 4.69) is 42.5 Å². The van der Waals surface area contributed by atoms with Crippen LogP contribution >= 0.6 is 0 Å². The molecule has 148 heavy (non-hydrogen) atoms. The standard InChI is InChI=1S/C117H142N12O19/c1-13-83(110(142)143)72-100(132)94(63-66-104(136)146-113(4,5)6)122-106(138)84(71-91-75-128(77-119-91)116(85-47-29-19-30-48-85,86-49-31-20-32-50-86)87-51-33-21-34-52-87)73-101(133)95(64-67-105(137)147-114(7,8)9)123-109(141)99(74-92-76-129(78-120-92)117(88-53-35-22-36-54-88,89-55-37-23-38-56-89)90-57-39-24-40-58-90)125-108(140)98(70-82-45-27-18-28-46-82)124-107(139)97(69-81-43-25-17-26-44-81)121-103(135)59-41-15-14-16-42-68-118-102(134)65-62-96(111(144)148-115(10,11)12)127-112(145)126-93(80(3)131)61-60-79(2)130/h17-40,43-58,75-78,83-84,93-99H,13-16,41-42,59-74H2,1-12H3,(H,118,134)(H,121,135)(H,122,138)(H,123,141)(H,124,139)(H,125,140)(H,142,143)(H2,126,127,145)/t83-,84-,93+,94+,95?,96+,97+,98+,99+/m1/s1. The predicted molar refractivity (Wildman–Crippen MR) is 561 cm³/mol. The van der Waals surface area contributed by atoms with Crippen molar-refractivity contribution in [1.82, 2.24) is 61.6 Å². The maximum Gasteiger partial charge on any atom is 0.329 e. The van der Waals surface area contributed by atoms with Gasteiger partial charge in [-0.15, -0.1) is 0 Å². The van der Waals surface area contributed by atoms with Gasteiger partial charge in [0, 0.05) is 89.6 Å². The number of unbranched alkanes of at least 4 members (excludes halogenated alkanes) is 4. The van der Waals surface area contributed by atoms with Crippen molar-refractivity contribution in [2.45, 2.75) is 288 Å². The quantitative estimate of drug-likeness (QED) is 0.00740. The van der Waals surface area contributed by atoms with Crippen molar-refractivity contribution in [2.24, 2.45) is 11.8 Å². The molecule has 0 saturated carbocycles. The van der Waals surface area contributed by atoms with Crippen LogP contribution < -0.4 is 42.5 Å². The third-order valence-electron chi connectivity index (χ3n) is 25.3. The molecule has 784 valence electrons. The molecule has 0 radical (unpaired) electrons. The summed E-state index contributed by atoms with van der Waals surface area (Å²) in [6.45, 7) is 19.5. The van der Waals surface area contributed by atoms with Gasteiger partial charge in [0.15, 0.2) is 17.3 Å². The van der Waals surface area contributed by atoms with E-state index in [0.29, 0.717) is 43.2 Å². The highest BCUT2D eigenvalue weighted by Gasteiger charge is 2.44. The van der Waals surface area contributed by atoms with Crippen LogP contribution in [0.3, 0.4) is 0 Å². The second-order valence-corrected chi connectivity index (χ2v) is 40.6. The highest BCUT2D eigenvalue weighted by molar-refractivity contribution is 5.99. The number of carboxylic acid groups (broad SMARTS) is 1. The normalized spacial score (nSPS) is 13.5. The van der Waals surface area contributed by atoms with Crippen LogP contribution in [0.2, 0.25) is 0 Å². The molecular weight excluding hydrogens is 1880 g/mol. The van der Waals surface area contributed by atoms with Gasteiger partial charge >= 0.3 is 29.9 Å². The number of Topliss-reactive ketones (excluding diaryl/α,β-unsaturated/α-hetero) is 4. The van der Waals surface area contributed by atoms with E-state index >= 15 is 24.0 Å². The molecular formula is C117H142N12O19. The van der Waals surface area contributed by atoms with Crippen LogP contribution in [-0.4, -0.2) is 178 Å². The maximum atomic E-state index is 16.5. The van der Waals surface area contributed by atoms with Crippen LogP contribution in [0.1, 0.15) is 248 Å². The molecule has 31 heteroatoms. The molecule has 8 amide bonds. The summed E-state index contributed by atoms with van der Waals surface area (Å²) in [7, 11) is 0. The molecule has 9 atom stereocenters. The molecule has 2 aromatic heterocycles. The zero-order valence-electron chi connectivity index (χ0n) is 86.7. The van der Waals surface area contributed by atoms with E-state index in [-0.39, 0.29) is 93.7 Å². The monoisotopic (exact) mass is 2020 g/mol. The summed E-state index contributed by atoms with van der Waals surface area (Å²) in [5, 5.41) is 32.9. The van der Waals surface area contributed by atoms with Crippen molar-refractivity contribution >= 4 is 88.5 Å². The number of amides is 8. The molecule has 10 rings (SSSR count). The van der Waals surface area contributed by atoms with Crippen LogP contribution in [0.5, 0.6) is 0 Å². The molecule has 0 aliphatic carbocycles. The van der Waals surface area contributed by atoms with E-state index < -0.39 is 197 Å². The Balaban J connectivity index is 0.975. The maximum absolute atomic E-state index is 16.5. The summed E-state index contributed by atoms with van der Waals surface area (Å²) >= 11 is 0. The Hall–Kier alpha value is -15.2. The lowest BCUT2D eigenvalue weighted by Gasteiger charge is -2.37. The van der Waals surface area contributed by atoms with Gasteiger partial charge in [0.2, 0.25) is 35.4 Å². The predicted octanol–water partition coefficient (Wildman–Crippen LogP) is 14.9. The second kappa shape index (κ2) is 55.4. The molecule has 9 N–H and O–H groups in total. The van der Waals surface area contributed by atoms with E-state index in [4.69, 9.17) is 24.2 Å². The lowest BCUT2D eigenvalue weighted by atomic mass is 9.76. The number of ketones is 4. The first-order chi connectivity index (χ1) is 70.6. The third kappa shape index (κ3) is 35.1. The summed E-state index contributed by atoms with van der Waals surface area (Å²) in [4.78, 5) is 224. The number of benzene rings is 8. The fourth-order valence-electron chi connectivity index (χ4n) is 18.0. The van der Waals surface area contributed by atoms with Crippen molar-refractivity contribution in [2.75, 3.05) is 6.54 Å². The number of urea groups is 1. The summed E-state index contributed by atoms with van der Waals surface area (Å²) < 4.78 is 20.9. The highest BCUT2D eigenvalue weighted by atomic mass is 16.6. The van der Waals surface area contributed by atoms with Crippen molar-refractivity contribution < 1.29 is 91.2 Å². The first-order valence-electron chi connectivity index (χ1n) is 50.9. The van der Waals surface area contributed by atoms with Gasteiger partial charge in [0.1, 0.15) is 57.8 Å². The van der Waals surface area contributed by atoms with E-state index in [1.165, 1.54) is 13.8 Å². The summed E-state index contributed by atoms with van der Waals surface area (Å²) in [5.41, 5.74) is 1.47. The summed E-state index contributed by atoms with van der Waals surface area (Å²) in [6, 6.07) is 65.2. The van der Waals surface area contributed by atoms with Crippen molar-refractivity contribution in [3.63, 3.8) is 0 Å². The first kappa shape index (κ1) is 115. The molecule has 0 fully saturated rings. The SMILES string of the molecule is CC[C@H](CC(=O)[C@H](CCC(=O)OC(C)(C)C)NC(=O)[C@@H](CC(=O)C(CCC(=O)OC(C)(C)C)NC(=O)[C@H](Cc1cn(C(c2ccccc2)(c2ccccc2)c2ccccc2)cn1)NC(=O)[C@H](Cc1ccccc1)NC(=O)[C@H](Cc1ccccc1)NC(=O)CCCCCCCNC(=O)CC[C@H](NC(=O)N[C@@H](CCC(C)=O)C(C)=O)C(=O)OC(C)(C)C)Cc1cn(C(c2ccccc2)(c2ccccc2)c2ccccc2)cn1)C(=O)O. The third-order valence-corrected chi connectivity index (χ3v) is 25.3. The van der Waals surface area contributed by atoms with Gasteiger partial charge in [0.25, 0.3) is 0 Å². The van der Waals surface area contributed by atoms with Crippen molar-refractivity contribution in [3.8, 4) is 0 Å². The molecule has 10 aromatic rings. The number of hydrogen-bond donors (Lipinski definition) is 9. The number of hydrogen-bond acceptors (Lipinski definition) is 20. The Morgan fingerprint density at radius 2 is 0.676 bits per heavy atom. The van der Waals surface area contributed by atoms with Gasteiger partial charge < -0.3 is 75.8 Å². The number of carboxylic acids is 1. The Kier molecular flexibility index (Phi) is 43.0. The minimum atomic E-state index is -1.72. The number of nitrogens with zero attached hydrogens (tertiary/aromatic N) is 4. The number of aromatic nitrogens is 4. The minimum absolute atomic E-state index is 0.00714. The van der Waals surface area contributed by atoms with E-state index in [1.54, 1.807) is 155 Å². The number of imidazole rings is 2. The fraction of sp³-hybridized carbons (Fsp3) is 0.410. The van der Waals surface area contributed by atoms with Crippen LogP contribution in [0, 0.1) is 11.8 Å². The molecule has 31 nitrogen and oxygen atoms in total. The smallest absolute Gasteiger partial charge is 0.329 e. The Morgan fingerprint density at radius 3 is 1.06 bits per heavy atom. The minimum Gasteiger partial charge on any atom is -0.481 e. The average Bonchev–Trinajstić information content (AvgIpc) is 1.44. The van der Waals surface area contributed by atoms with Crippen LogP contribution in [-0.2, 0) is 118 Å². The number of aliphatic carboxylic acids is 1. The summed E-state index contributed by atoms with van der Waals surface area (Å²) in [5.74, 6) is -12.7. The molecule has 0 bridgehead atoms. The van der Waals surface area contributed by atoms with E-state index in [9.17, 15) is 53.1 Å². The van der Waals surface area contributed by atoms with Gasteiger partial charge in [0.05, 0.1) is 54.0 Å². The molecule has 0 spiro atoms. The molecule has 1 unspecified atom stereocenters. The average molecular weight is 2020 g/mol. The zero-order valence-corrected chi connectivity index (χ0v) is 86.7. The number of nitrogens with one attached hydrogen (secondary N) is 8. The van der Waals surface area contributed by atoms with Crippen LogP contribution in [0.4, 0.5) is 4.79 Å². The topological polar surface area (TPSA) is 436 Å². The molecule has 2 heterocycles. The molecule has 8 aromatic carbocycles. The first-order valence-corrected chi connectivity index (χ1v) is 50.9. The summed E-state index contributed by atoms with van der Waals surface area (Å²) in [6.07, 6.45) is 5.51. The van der Waals surface area contributed by atoms with Crippen molar-refractivity contribution in [1.29, 1.82) is 0 Å². The number of rotatable bonds is 57. The van der Waals surface area contributed by atoms with Crippen molar-refractivity contribution in [3.05, 3.63) is 324 Å². The van der Waals surface area contributed by atoms with Crippen LogP contribution in [0.25, 0.3) is 0 Å². The Bertz CT molecular complexity index is 5870. The number of carbonyl (C=O) groups excluding carboxylic acids is 14. The van der Waals surface area contributed by atoms with E-state index in [1.807, 2.05) is 191 Å². The molecule has 0 saturated heterocycles. The number of esters is 3. The number of ether oxygens (including phenoxy) is 3. The highest BCUT2D eigenvalue weighted by Crippen LogP contribution is 2.43. The Labute approximate surface area is 866 Å². The van der Waals surface area contributed by atoms with Gasteiger partial charge in [-0.1, -0.05) is 269 Å². The largest absolute Gasteiger partial charge is 0.481 e. The lowest BCUT2D eigenvalue weighted by Crippen LogP contribution is -2.59. The Morgan fingerprint density at radius 1 is 0.338 bits per heavy atom. The van der Waals surface area contributed by atoms with Gasteiger partial charge in [-0.05, 0) is 166 Å². The fourth-order valence-corrected chi connectivity index (χ4v) is 18.0. The van der Waals surface area contributed by atoms with Gasteiger partial charge in [-0.2, -0.15) is 0 Å². The molecule has 0 aliphatic rings. The van der Waals surface area contributed by atoms with Gasteiger partial charge in [-0.3, -0.25) is 57.5 Å². The zero-order chi connectivity index (χ0) is 107. The number of carbonyl (C=O) groups is 15. The lowest BCUT2D eigenvalue weighted by molar-refractivity contribution is -0.158.